The molecule has 0 heterocycles. The first-order valence-electron chi connectivity index (χ1n) is 6.33. The molecule has 1 N–H and O–H groups in total. The van der Waals surface area contributed by atoms with Gasteiger partial charge in [-0.2, -0.15) is 0 Å². The van der Waals surface area contributed by atoms with Crippen molar-refractivity contribution in [2.45, 2.75) is 12.3 Å². The average Bonchev–Trinajstić information content (AvgIpc) is 2.41. The van der Waals surface area contributed by atoms with Gasteiger partial charge in [-0.25, -0.2) is 0 Å². The summed E-state index contributed by atoms with van der Waals surface area (Å²) in [6, 6.07) is 16.9. The number of hydrogen-bond donors (Lipinski definition) is 1. The molecule has 1 atom stereocenters. The van der Waals surface area contributed by atoms with Crippen LogP contribution in [-0.2, 0) is 6.42 Å². The summed E-state index contributed by atoms with van der Waals surface area (Å²) in [7, 11) is 1.99. The van der Waals surface area contributed by atoms with Crippen molar-refractivity contribution in [3.63, 3.8) is 0 Å². The SMILES string of the molecule is CNCC(Cc1ccc(I)cc1)c1cccc(Cl)c1. The van der Waals surface area contributed by atoms with E-state index in [1.165, 1.54) is 14.7 Å². The molecule has 100 valence electrons. The third kappa shape index (κ3) is 4.48. The van der Waals surface area contributed by atoms with Crippen molar-refractivity contribution in [2.24, 2.45) is 0 Å². The topological polar surface area (TPSA) is 12.0 Å². The highest BCUT2D eigenvalue weighted by Gasteiger charge is 2.12. The smallest absolute Gasteiger partial charge is 0.0408 e. The van der Waals surface area contributed by atoms with Crippen LogP contribution in [0.5, 0.6) is 0 Å². The Morgan fingerprint density at radius 1 is 1.16 bits per heavy atom. The van der Waals surface area contributed by atoms with Crippen molar-refractivity contribution in [3.8, 4) is 0 Å². The summed E-state index contributed by atoms with van der Waals surface area (Å²) in [5.74, 6) is 0.448. The summed E-state index contributed by atoms with van der Waals surface area (Å²) in [5, 5.41) is 4.08. The Morgan fingerprint density at radius 3 is 2.53 bits per heavy atom. The van der Waals surface area contributed by atoms with Gasteiger partial charge in [0, 0.05) is 21.1 Å². The Morgan fingerprint density at radius 2 is 1.89 bits per heavy atom. The van der Waals surface area contributed by atoms with Gasteiger partial charge in [0.1, 0.15) is 0 Å². The van der Waals surface area contributed by atoms with Crippen molar-refractivity contribution in [1.82, 2.24) is 5.32 Å². The molecule has 2 aromatic carbocycles. The Hall–Kier alpha value is -0.580. The van der Waals surface area contributed by atoms with Gasteiger partial charge in [-0.05, 0) is 71.5 Å². The van der Waals surface area contributed by atoms with E-state index >= 15 is 0 Å². The zero-order valence-electron chi connectivity index (χ0n) is 10.9. The predicted octanol–water partition coefficient (Wildman–Crippen LogP) is 4.49. The number of halogens is 2. The van der Waals surface area contributed by atoms with Gasteiger partial charge < -0.3 is 5.32 Å². The molecule has 0 fully saturated rings. The van der Waals surface area contributed by atoms with Gasteiger partial charge in [0.05, 0.1) is 0 Å². The largest absolute Gasteiger partial charge is 0.319 e. The molecule has 0 spiro atoms. The minimum atomic E-state index is 0.448. The molecule has 2 rings (SSSR count). The van der Waals surface area contributed by atoms with E-state index in [0.717, 1.165) is 18.0 Å². The van der Waals surface area contributed by atoms with Crippen molar-refractivity contribution in [3.05, 3.63) is 68.3 Å². The molecule has 0 aromatic heterocycles. The third-order valence-electron chi connectivity index (χ3n) is 3.17. The van der Waals surface area contributed by atoms with E-state index in [-0.39, 0.29) is 0 Å². The predicted molar refractivity (Wildman–Crippen MR) is 91.0 cm³/mol. The number of likely N-dealkylation sites (N-methyl/N-ethyl adjacent to an activating group) is 1. The second-order valence-electron chi connectivity index (χ2n) is 4.64. The van der Waals surface area contributed by atoms with E-state index in [0.29, 0.717) is 5.92 Å². The van der Waals surface area contributed by atoms with Gasteiger partial charge in [-0.3, -0.25) is 0 Å². The highest BCUT2D eigenvalue weighted by Crippen LogP contribution is 2.23. The highest BCUT2D eigenvalue weighted by atomic mass is 127. The fraction of sp³-hybridized carbons (Fsp3) is 0.250. The Labute approximate surface area is 133 Å². The minimum absolute atomic E-state index is 0.448. The van der Waals surface area contributed by atoms with Crippen LogP contribution in [0.4, 0.5) is 0 Å². The van der Waals surface area contributed by atoms with Gasteiger partial charge in [-0.1, -0.05) is 35.9 Å². The number of benzene rings is 2. The van der Waals surface area contributed by atoms with Crippen molar-refractivity contribution < 1.29 is 0 Å². The van der Waals surface area contributed by atoms with Crippen molar-refractivity contribution in [2.75, 3.05) is 13.6 Å². The summed E-state index contributed by atoms with van der Waals surface area (Å²) in [4.78, 5) is 0. The number of hydrogen-bond acceptors (Lipinski definition) is 1. The van der Waals surface area contributed by atoms with Gasteiger partial charge in [-0.15, -0.1) is 0 Å². The molecule has 0 amide bonds. The zero-order chi connectivity index (χ0) is 13.7. The summed E-state index contributed by atoms with van der Waals surface area (Å²) in [5.41, 5.74) is 2.65. The summed E-state index contributed by atoms with van der Waals surface area (Å²) in [6.45, 7) is 0.951. The number of rotatable bonds is 5. The summed E-state index contributed by atoms with van der Waals surface area (Å²) >= 11 is 8.42. The van der Waals surface area contributed by atoms with E-state index in [1.807, 2.05) is 19.2 Å². The maximum atomic E-state index is 6.09. The summed E-state index contributed by atoms with van der Waals surface area (Å²) < 4.78 is 1.27. The van der Waals surface area contributed by atoms with Crippen LogP contribution in [0, 0.1) is 3.57 Å². The van der Waals surface area contributed by atoms with Crippen LogP contribution in [0.1, 0.15) is 17.0 Å². The molecule has 1 nitrogen and oxygen atoms in total. The van der Waals surface area contributed by atoms with Crippen LogP contribution in [-0.4, -0.2) is 13.6 Å². The first kappa shape index (κ1) is 14.8. The average molecular weight is 386 g/mol. The second-order valence-corrected chi connectivity index (χ2v) is 6.32. The Kier molecular flexibility index (Phi) is 5.67. The maximum Gasteiger partial charge on any atom is 0.0408 e. The van der Waals surface area contributed by atoms with Crippen LogP contribution in [0.25, 0.3) is 0 Å². The monoisotopic (exact) mass is 385 g/mol. The van der Waals surface area contributed by atoms with Gasteiger partial charge in [0.25, 0.3) is 0 Å². The number of nitrogens with one attached hydrogen (secondary N) is 1. The van der Waals surface area contributed by atoms with Gasteiger partial charge in [0.15, 0.2) is 0 Å². The first-order chi connectivity index (χ1) is 9.19. The molecule has 0 aliphatic heterocycles. The van der Waals surface area contributed by atoms with Crippen molar-refractivity contribution in [1.29, 1.82) is 0 Å². The molecule has 0 saturated carbocycles. The van der Waals surface area contributed by atoms with Crippen LogP contribution in [0.2, 0.25) is 5.02 Å². The van der Waals surface area contributed by atoms with Crippen molar-refractivity contribution >= 4 is 34.2 Å². The molecule has 0 aliphatic rings. The fourth-order valence-corrected chi connectivity index (χ4v) is 2.78. The molecule has 0 bridgehead atoms. The maximum absolute atomic E-state index is 6.09. The van der Waals surface area contributed by atoms with Gasteiger partial charge in [0.2, 0.25) is 0 Å². The zero-order valence-corrected chi connectivity index (χ0v) is 13.8. The Balaban J connectivity index is 2.18. The molecule has 0 aliphatic carbocycles. The molecule has 2 aromatic rings. The lowest BCUT2D eigenvalue weighted by atomic mass is 9.92. The lowest BCUT2D eigenvalue weighted by Crippen LogP contribution is -2.19. The molecule has 0 radical (unpaired) electrons. The quantitative estimate of drug-likeness (QED) is 0.748. The van der Waals surface area contributed by atoms with E-state index in [9.17, 15) is 0 Å². The first-order valence-corrected chi connectivity index (χ1v) is 7.79. The molecular formula is C16H17ClIN. The lowest BCUT2D eigenvalue weighted by molar-refractivity contribution is 0.626. The molecule has 0 saturated heterocycles. The normalized spacial score (nSPS) is 12.4. The van der Waals surface area contributed by atoms with Crippen LogP contribution in [0.3, 0.4) is 0 Å². The van der Waals surface area contributed by atoms with E-state index in [4.69, 9.17) is 11.6 Å². The fourth-order valence-electron chi connectivity index (χ4n) is 2.22. The molecular weight excluding hydrogens is 369 g/mol. The van der Waals surface area contributed by atoms with Crippen LogP contribution >= 0.6 is 34.2 Å². The molecule has 3 heteroatoms. The molecule has 1 unspecified atom stereocenters. The van der Waals surface area contributed by atoms with E-state index in [1.54, 1.807) is 0 Å². The van der Waals surface area contributed by atoms with Crippen LogP contribution < -0.4 is 5.32 Å². The van der Waals surface area contributed by atoms with Gasteiger partial charge >= 0.3 is 0 Å². The minimum Gasteiger partial charge on any atom is -0.319 e. The second kappa shape index (κ2) is 7.27. The molecule has 19 heavy (non-hydrogen) atoms. The third-order valence-corrected chi connectivity index (χ3v) is 4.12. The van der Waals surface area contributed by atoms with E-state index in [2.05, 4.69) is 64.3 Å². The standard InChI is InChI=1S/C16H17ClIN/c1-19-11-14(13-3-2-4-15(17)10-13)9-12-5-7-16(18)8-6-12/h2-8,10,14,19H,9,11H2,1H3. The van der Waals surface area contributed by atoms with E-state index < -0.39 is 0 Å². The highest BCUT2D eigenvalue weighted by molar-refractivity contribution is 14.1. The summed E-state index contributed by atoms with van der Waals surface area (Å²) in [6.07, 6.45) is 1.03. The van der Waals surface area contributed by atoms with Crippen LogP contribution in [0.15, 0.2) is 48.5 Å². The Bertz CT molecular complexity index is 525. The lowest BCUT2D eigenvalue weighted by Gasteiger charge is -2.17.